The first-order valence-corrected chi connectivity index (χ1v) is 8.67. The zero-order valence-corrected chi connectivity index (χ0v) is 12.8. The van der Waals surface area contributed by atoms with E-state index in [1.54, 1.807) is 6.07 Å². The highest BCUT2D eigenvalue weighted by molar-refractivity contribution is 7.89. The summed E-state index contributed by atoms with van der Waals surface area (Å²) in [6.45, 7) is 0.724. The van der Waals surface area contributed by atoms with E-state index < -0.39 is 10.0 Å². The van der Waals surface area contributed by atoms with Crippen LogP contribution in [0.25, 0.3) is 0 Å². The average molecular weight is 313 g/mol. The number of hydrogen-bond donors (Lipinski definition) is 4. The first-order valence-electron chi connectivity index (χ1n) is 7.13. The van der Waals surface area contributed by atoms with Crippen LogP contribution in [0.15, 0.2) is 23.1 Å². The fourth-order valence-electron chi connectivity index (χ4n) is 2.87. The lowest BCUT2D eigenvalue weighted by atomic mass is 9.74. The number of primary sulfonamides is 1. The number of rotatable bonds is 5. The molecule has 0 atom stereocenters. The topological polar surface area (TPSA) is 118 Å². The van der Waals surface area contributed by atoms with Gasteiger partial charge in [-0.3, -0.25) is 0 Å². The normalized spacial score (nSPS) is 18.4. The SMILES string of the molecule is Nc1cc(NCC2(CO)CCCCC2)cc(S(N)(=O)=O)c1. The van der Waals surface area contributed by atoms with Crippen LogP contribution in [0.5, 0.6) is 0 Å². The van der Waals surface area contributed by atoms with Gasteiger partial charge in [0, 0.05) is 23.3 Å². The van der Waals surface area contributed by atoms with Crippen LogP contribution in [0.4, 0.5) is 11.4 Å². The molecule has 1 saturated carbocycles. The summed E-state index contributed by atoms with van der Waals surface area (Å²) in [5.74, 6) is 0. The maximum atomic E-state index is 11.4. The summed E-state index contributed by atoms with van der Waals surface area (Å²) in [5, 5.41) is 18.0. The molecule has 0 amide bonds. The fourth-order valence-corrected chi connectivity index (χ4v) is 3.46. The summed E-state index contributed by atoms with van der Waals surface area (Å²) in [5.41, 5.74) is 6.53. The van der Waals surface area contributed by atoms with E-state index in [1.165, 1.54) is 18.6 Å². The molecule has 2 rings (SSSR count). The zero-order valence-electron chi connectivity index (χ0n) is 12.0. The molecular weight excluding hydrogens is 290 g/mol. The van der Waals surface area contributed by atoms with Crippen molar-refractivity contribution in [3.63, 3.8) is 0 Å². The van der Waals surface area contributed by atoms with Crippen LogP contribution < -0.4 is 16.2 Å². The minimum absolute atomic E-state index is 0.00769. The van der Waals surface area contributed by atoms with Crippen molar-refractivity contribution in [2.24, 2.45) is 10.6 Å². The molecule has 1 aliphatic rings. The van der Waals surface area contributed by atoms with Crippen LogP contribution >= 0.6 is 0 Å². The molecule has 6 nitrogen and oxygen atoms in total. The van der Waals surface area contributed by atoms with Gasteiger partial charge in [-0.1, -0.05) is 19.3 Å². The lowest BCUT2D eigenvalue weighted by Gasteiger charge is -2.36. The minimum Gasteiger partial charge on any atom is -0.399 e. The molecular formula is C14H23N3O3S. The highest BCUT2D eigenvalue weighted by atomic mass is 32.2. The van der Waals surface area contributed by atoms with Crippen LogP contribution in [0.1, 0.15) is 32.1 Å². The second kappa shape index (κ2) is 6.21. The lowest BCUT2D eigenvalue weighted by Crippen LogP contribution is -2.35. The molecule has 0 aromatic heterocycles. The third kappa shape index (κ3) is 4.09. The van der Waals surface area contributed by atoms with Crippen LogP contribution in [0.2, 0.25) is 0 Å². The molecule has 118 valence electrons. The van der Waals surface area contributed by atoms with Gasteiger partial charge in [0.2, 0.25) is 10.0 Å². The predicted octanol–water partition coefficient (Wildman–Crippen LogP) is 1.27. The number of nitrogens with one attached hydrogen (secondary N) is 1. The number of aliphatic hydroxyl groups is 1. The van der Waals surface area contributed by atoms with Crippen molar-refractivity contribution in [1.82, 2.24) is 0 Å². The van der Waals surface area contributed by atoms with Crippen LogP contribution in [-0.4, -0.2) is 26.7 Å². The Bertz CT molecular complexity index is 595. The molecule has 21 heavy (non-hydrogen) atoms. The van der Waals surface area contributed by atoms with Gasteiger partial charge in [0.05, 0.1) is 11.5 Å². The standard InChI is InChI=1S/C14H23N3O3S/c15-11-6-12(8-13(7-11)21(16,19)20)17-9-14(10-18)4-2-1-3-5-14/h6-8,17-18H,1-5,9-10,15H2,(H2,16,19,20). The smallest absolute Gasteiger partial charge is 0.238 e. The summed E-state index contributed by atoms with van der Waals surface area (Å²) in [6.07, 6.45) is 5.38. The molecule has 0 aliphatic heterocycles. The van der Waals surface area contributed by atoms with E-state index in [9.17, 15) is 13.5 Å². The van der Waals surface area contributed by atoms with Gasteiger partial charge in [-0.2, -0.15) is 0 Å². The number of nitrogen functional groups attached to an aromatic ring is 1. The molecule has 1 aromatic rings. The third-order valence-corrected chi connectivity index (χ3v) is 5.07. The van der Waals surface area contributed by atoms with Crippen molar-refractivity contribution in [2.75, 3.05) is 24.2 Å². The summed E-state index contributed by atoms with van der Waals surface area (Å²) < 4.78 is 22.8. The molecule has 1 aliphatic carbocycles. The van der Waals surface area contributed by atoms with E-state index in [0.29, 0.717) is 17.9 Å². The number of benzene rings is 1. The second-order valence-corrected chi connectivity index (χ2v) is 7.47. The molecule has 0 saturated heterocycles. The van der Waals surface area contributed by atoms with E-state index in [2.05, 4.69) is 5.32 Å². The van der Waals surface area contributed by atoms with Crippen LogP contribution in [0.3, 0.4) is 0 Å². The Morgan fingerprint density at radius 2 is 1.86 bits per heavy atom. The molecule has 0 spiro atoms. The number of aliphatic hydroxyl groups excluding tert-OH is 1. The summed E-state index contributed by atoms with van der Waals surface area (Å²) in [6, 6.07) is 4.48. The Hall–Kier alpha value is -1.31. The number of nitrogens with two attached hydrogens (primary N) is 2. The van der Waals surface area contributed by atoms with Crippen LogP contribution in [-0.2, 0) is 10.0 Å². The van der Waals surface area contributed by atoms with Gasteiger partial charge in [-0.15, -0.1) is 0 Å². The van der Waals surface area contributed by atoms with Crippen molar-refractivity contribution in [1.29, 1.82) is 0 Å². The maximum absolute atomic E-state index is 11.4. The number of sulfonamides is 1. The van der Waals surface area contributed by atoms with E-state index in [-0.39, 0.29) is 16.9 Å². The summed E-state index contributed by atoms with van der Waals surface area (Å²) in [4.78, 5) is -0.00769. The summed E-state index contributed by atoms with van der Waals surface area (Å²) >= 11 is 0. The Morgan fingerprint density at radius 1 is 1.19 bits per heavy atom. The van der Waals surface area contributed by atoms with Gasteiger partial charge < -0.3 is 16.2 Å². The fraction of sp³-hybridized carbons (Fsp3) is 0.571. The molecule has 7 heteroatoms. The third-order valence-electron chi connectivity index (χ3n) is 4.17. The quantitative estimate of drug-likeness (QED) is 0.610. The molecule has 0 bridgehead atoms. The van der Waals surface area contributed by atoms with Crippen molar-refractivity contribution in [3.8, 4) is 0 Å². The zero-order chi connectivity index (χ0) is 15.5. The van der Waals surface area contributed by atoms with Crippen molar-refractivity contribution in [3.05, 3.63) is 18.2 Å². The van der Waals surface area contributed by atoms with Crippen molar-refractivity contribution < 1.29 is 13.5 Å². The highest BCUT2D eigenvalue weighted by Gasteiger charge is 2.31. The number of hydrogen-bond acceptors (Lipinski definition) is 5. The van der Waals surface area contributed by atoms with E-state index in [1.807, 2.05) is 0 Å². The molecule has 0 unspecified atom stereocenters. The van der Waals surface area contributed by atoms with Gasteiger partial charge >= 0.3 is 0 Å². The van der Waals surface area contributed by atoms with Crippen LogP contribution in [0, 0.1) is 5.41 Å². The first kappa shape index (κ1) is 16.1. The molecule has 6 N–H and O–H groups in total. The van der Waals surface area contributed by atoms with Gasteiger partial charge in [0.1, 0.15) is 0 Å². The molecule has 1 aromatic carbocycles. The van der Waals surface area contributed by atoms with E-state index in [0.717, 1.165) is 25.7 Å². The predicted molar refractivity (Wildman–Crippen MR) is 83.3 cm³/mol. The summed E-state index contributed by atoms with van der Waals surface area (Å²) in [7, 11) is -3.78. The Kier molecular flexibility index (Phi) is 4.75. The number of anilines is 2. The Labute approximate surface area is 125 Å². The van der Waals surface area contributed by atoms with E-state index in [4.69, 9.17) is 10.9 Å². The monoisotopic (exact) mass is 313 g/mol. The van der Waals surface area contributed by atoms with Gasteiger partial charge in [0.15, 0.2) is 0 Å². The lowest BCUT2D eigenvalue weighted by molar-refractivity contribution is 0.0944. The highest BCUT2D eigenvalue weighted by Crippen LogP contribution is 2.36. The van der Waals surface area contributed by atoms with Gasteiger partial charge in [-0.25, -0.2) is 13.6 Å². The first-order chi connectivity index (χ1) is 9.85. The van der Waals surface area contributed by atoms with Gasteiger partial charge in [0.25, 0.3) is 0 Å². The van der Waals surface area contributed by atoms with Crippen molar-refractivity contribution >= 4 is 21.4 Å². The largest absolute Gasteiger partial charge is 0.399 e. The minimum atomic E-state index is -3.78. The van der Waals surface area contributed by atoms with Gasteiger partial charge in [-0.05, 0) is 31.0 Å². The maximum Gasteiger partial charge on any atom is 0.238 e. The average Bonchev–Trinajstić information content (AvgIpc) is 2.45. The molecule has 0 radical (unpaired) electrons. The second-order valence-electron chi connectivity index (χ2n) is 5.91. The molecule has 0 heterocycles. The van der Waals surface area contributed by atoms with Crippen molar-refractivity contribution in [2.45, 2.75) is 37.0 Å². The Balaban J connectivity index is 2.14. The Morgan fingerprint density at radius 3 is 2.43 bits per heavy atom. The van der Waals surface area contributed by atoms with E-state index >= 15 is 0 Å². The molecule has 1 fully saturated rings.